The predicted molar refractivity (Wildman–Crippen MR) is 87.1 cm³/mol. The van der Waals surface area contributed by atoms with Crippen LogP contribution in [0.1, 0.15) is 23.1 Å². The summed E-state index contributed by atoms with van der Waals surface area (Å²) in [6, 6.07) is 4.90. The summed E-state index contributed by atoms with van der Waals surface area (Å²) in [7, 11) is 1.50. The zero-order valence-electron chi connectivity index (χ0n) is 12.4. The zero-order valence-corrected chi connectivity index (χ0v) is 13.9. The molecule has 22 heavy (non-hydrogen) atoms. The van der Waals surface area contributed by atoms with Gasteiger partial charge in [0.15, 0.2) is 4.77 Å². The summed E-state index contributed by atoms with van der Waals surface area (Å²) in [5, 5.41) is 10.3. The molecule has 8 heteroatoms. The highest BCUT2D eigenvalue weighted by molar-refractivity contribution is 7.71. The number of aromatic nitrogens is 3. The van der Waals surface area contributed by atoms with E-state index in [-0.39, 0.29) is 5.91 Å². The minimum absolute atomic E-state index is 0.217. The fraction of sp³-hybridized carbons (Fsp3) is 0.357. The van der Waals surface area contributed by atoms with Crippen LogP contribution < -0.4 is 10.1 Å². The summed E-state index contributed by atoms with van der Waals surface area (Å²) in [6.45, 7) is 3.18. The van der Waals surface area contributed by atoms with E-state index in [2.05, 4.69) is 15.5 Å². The Balaban J connectivity index is 2.00. The van der Waals surface area contributed by atoms with Gasteiger partial charge in [-0.15, -0.1) is 0 Å². The molecule has 0 saturated carbocycles. The van der Waals surface area contributed by atoms with Gasteiger partial charge in [-0.25, -0.2) is 0 Å². The number of aromatic amines is 1. The van der Waals surface area contributed by atoms with Gasteiger partial charge in [0.1, 0.15) is 11.6 Å². The molecular formula is C14H17ClN4O2S. The molecule has 1 amide bonds. The number of nitrogens with zero attached hydrogens (tertiary/aromatic N) is 2. The van der Waals surface area contributed by atoms with Crippen LogP contribution in [-0.2, 0) is 13.0 Å². The molecule has 0 aliphatic heterocycles. The molecule has 1 aromatic heterocycles. The van der Waals surface area contributed by atoms with Crippen molar-refractivity contribution in [3.8, 4) is 5.75 Å². The number of carbonyl (C=O) groups excluding carboxylic acids is 1. The summed E-state index contributed by atoms with van der Waals surface area (Å²) in [4.78, 5) is 12.2. The average Bonchev–Trinajstić information content (AvgIpc) is 2.87. The first-order valence-electron chi connectivity index (χ1n) is 6.82. The molecule has 0 aliphatic carbocycles. The Morgan fingerprint density at radius 3 is 3.00 bits per heavy atom. The molecule has 1 aromatic carbocycles. The monoisotopic (exact) mass is 340 g/mol. The number of ether oxygens (including phenoxy) is 1. The lowest BCUT2D eigenvalue weighted by molar-refractivity contribution is 0.0951. The number of hydrogen-bond acceptors (Lipinski definition) is 4. The van der Waals surface area contributed by atoms with E-state index in [1.165, 1.54) is 7.11 Å². The van der Waals surface area contributed by atoms with Crippen molar-refractivity contribution >= 4 is 29.7 Å². The van der Waals surface area contributed by atoms with Gasteiger partial charge in [0.2, 0.25) is 0 Å². The molecule has 0 atom stereocenters. The normalized spacial score (nSPS) is 10.5. The van der Waals surface area contributed by atoms with Crippen molar-refractivity contribution in [2.75, 3.05) is 13.7 Å². The van der Waals surface area contributed by atoms with Crippen LogP contribution in [0.4, 0.5) is 0 Å². The summed E-state index contributed by atoms with van der Waals surface area (Å²) in [5.74, 6) is 1.04. The van der Waals surface area contributed by atoms with Crippen LogP contribution in [-0.4, -0.2) is 34.3 Å². The molecule has 0 unspecified atom stereocenters. The van der Waals surface area contributed by atoms with E-state index in [4.69, 9.17) is 28.6 Å². The van der Waals surface area contributed by atoms with E-state index < -0.39 is 0 Å². The summed E-state index contributed by atoms with van der Waals surface area (Å²) in [6.07, 6.45) is 0.586. The second-order valence-electron chi connectivity index (χ2n) is 4.54. The molecule has 6 nitrogen and oxygen atoms in total. The third kappa shape index (κ3) is 3.66. The van der Waals surface area contributed by atoms with Crippen molar-refractivity contribution in [3.63, 3.8) is 0 Å². The Labute approximate surface area is 138 Å². The number of nitrogens with one attached hydrogen (secondary N) is 2. The molecular weight excluding hydrogens is 324 g/mol. The van der Waals surface area contributed by atoms with E-state index in [1.807, 2.05) is 11.5 Å². The van der Waals surface area contributed by atoms with Gasteiger partial charge in [0.05, 0.1) is 12.7 Å². The van der Waals surface area contributed by atoms with Crippen LogP contribution in [0.15, 0.2) is 18.2 Å². The van der Waals surface area contributed by atoms with E-state index in [0.717, 1.165) is 12.4 Å². The van der Waals surface area contributed by atoms with Crippen LogP contribution in [0.5, 0.6) is 5.75 Å². The van der Waals surface area contributed by atoms with Gasteiger partial charge in [-0.05, 0) is 37.3 Å². The van der Waals surface area contributed by atoms with Gasteiger partial charge in [0, 0.05) is 24.5 Å². The van der Waals surface area contributed by atoms with Gasteiger partial charge in [-0.3, -0.25) is 9.89 Å². The first-order valence-corrected chi connectivity index (χ1v) is 7.61. The van der Waals surface area contributed by atoms with Crippen molar-refractivity contribution in [2.24, 2.45) is 0 Å². The largest absolute Gasteiger partial charge is 0.496 e. The Hall–Kier alpha value is -1.86. The number of H-pyrrole nitrogens is 1. The standard InChI is InChI=1S/C14H17ClN4O2S/c1-3-19-12(17-18-14(19)22)6-7-16-13(20)10-5-4-9(15)8-11(10)21-2/h4-5,8H,3,6-7H2,1-2H3,(H,16,20)(H,18,22). The van der Waals surface area contributed by atoms with Crippen LogP contribution in [0.25, 0.3) is 0 Å². The maximum absolute atomic E-state index is 12.2. The molecule has 0 spiro atoms. The fourth-order valence-corrected chi connectivity index (χ4v) is 2.55. The Morgan fingerprint density at radius 1 is 1.55 bits per heavy atom. The number of benzene rings is 1. The number of rotatable bonds is 6. The number of hydrogen-bond donors (Lipinski definition) is 2. The van der Waals surface area contributed by atoms with E-state index in [0.29, 0.717) is 34.1 Å². The third-order valence-electron chi connectivity index (χ3n) is 3.20. The van der Waals surface area contributed by atoms with Gasteiger partial charge < -0.3 is 14.6 Å². The van der Waals surface area contributed by atoms with Gasteiger partial charge >= 0.3 is 0 Å². The smallest absolute Gasteiger partial charge is 0.255 e. The molecule has 2 N–H and O–H groups in total. The number of halogens is 1. The van der Waals surface area contributed by atoms with Crippen molar-refractivity contribution < 1.29 is 9.53 Å². The summed E-state index contributed by atoms with van der Waals surface area (Å²) in [5.41, 5.74) is 0.446. The highest BCUT2D eigenvalue weighted by Gasteiger charge is 2.13. The molecule has 0 bridgehead atoms. The average molecular weight is 341 g/mol. The molecule has 0 aliphatic rings. The Kier molecular flexibility index (Phi) is 5.57. The zero-order chi connectivity index (χ0) is 16.1. The Morgan fingerprint density at radius 2 is 2.32 bits per heavy atom. The quantitative estimate of drug-likeness (QED) is 0.793. The van der Waals surface area contributed by atoms with E-state index >= 15 is 0 Å². The summed E-state index contributed by atoms with van der Waals surface area (Å²) < 4.78 is 7.65. The molecule has 0 radical (unpaired) electrons. The van der Waals surface area contributed by atoms with Crippen molar-refractivity contribution in [3.05, 3.63) is 39.4 Å². The maximum Gasteiger partial charge on any atom is 0.255 e. The minimum atomic E-state index is -0.217. The lowest BCUT2D eigenvalue weighted by Gasteiger charge is -2.09. The second kappa shape index (κ2) is 7.42. The highest BCUT2D eigenvalue weighted by Crippen LogP contribution is 2.22. The van der Waals surface area contributed by atoms with Gasteiger partial charge in [-0.2, -0.15) is 5.10 Å². The molecule has 0 saturated heterocycles. The molecule has 2 rings (SSSR count). The maximum atomic E-state index is 12.2. The van der Waals surface area contributed by atoms with Crippen LogP contribution >= 0.6 is 23.8 Å². The highest BCUT2D eigenvalue weighted by atomic mass is 35.5. The minimum Gasteiger partial charge on any atom is -0.496 e. The second-order valence-corrected chi connectivity index (χ2v) is 5.36. The topological polar surface area (TPSA) is 71.9 Å². The van der Waals surface area contributed by atoms with Crippen molar-refractivity contribution in [1.82, 2.24) is 20.1 Å². The predicted octanol–water partition coefficient (Wildman–Crippen LogP) is 2.60. The molecule has 1 heterocycles. The molecule has 118 valence electrons. The van der Waals surface area contributed by atoms with Crippen LogP contribution in [0, 0.1) is 4.77 Å². The number of methoxy groups -OCH3 is 1. The van der Waals surface area contributed by atoms with E-state index in [1.54, 1.807) is 18.2 Å². The Bertz CT molecular complexity index is 726. The third-order valence-corrected chi connectivity index (χ3v) is 3.74. The van der Waals surface area contributed by atoms with Crippen LogP contribution in [0.3, 0.4) is 0 Å². The lowest BCUT2D eigenvalue weighted by Crippen LogP contribution is -2.27. The lowest BCUT2D eigenvalue weighted by atomic mass is 10.2. The number of carbonyl (C=O) groups is 1. The molecule has 2 aromatic rings. The van der Waals surface area contributed by atoms with Crippen molar-refractivity contribution in [2.45, 2.75) is 19.9 Å². The fourth-order valence-electron chi connectivity index (χ4n) is 2.10. The number of amides is 1. The summed E-state index contributed by atoms with van der Waals surface area (Å²) >= 11 is 11.0. The van der Waals surface area contributed by atoms with E-state index in [9.17, 15) is 4.79 Å². The first-order chi connectivity index (χ1) is 10.6. The van der Waals surface area contributed by atoms with Crippen molar-refractivity contribution in [1.29, 1.82) is 0 Å². The molecule has 0 fully saturated rings. The van der Waals surface area contributed by atoms with Gasteiger partial charge in [0.25, 0.3) is 5.91 Å². The SMILES string of the molecule is CCn1c(CCNC(=O)c2ccc(Cl)cc2OC)n[nH]c1=S. The van der Waals surface area contributed by atoms with Crippen LogP contribution in [0.2, 0.25) is 5.02 Å². The first kappa shape index (κ1) is 16.5. The van der Waals surface area contributed by atoms with Gasteiger partial charge in [-0.1, -0.05) is 11.6 Å².